The molecular weight excluding hydrogens is 248 g/mol. The van der Waals surface area contributed by atoms with Crippen molar-refractivity contribution in [1.82, 2.24) is 9.80 Å². The summed E-state index contributed by atoms with van der Waals surface area (Å²) in [6.45, 7) is 8.94. The number of carbonyl (C=O) groups excluding carboxylic acids is 1. The summed E-state index contributed by atoms with van der Waals surface area (Å²) < 4.78 is 0. The highest BCUT2D eigenvalue weighted by Gasteiger charge is 2.77. The Bertz CT molecular complexity index is 464. The van der Waals surface area contributed by atoms with Gasteiger partial charge in [0, 0.05) is 19.6 Å². The van der Waals surface area contributed by atoms with Crippen molar-refractivity contribution in [3.63, 3.8) is 0 Å². The molecule has 5 aliphatic rings. The molecule has 0 N–H and O–H groups in total. The lowest BCUT2D eigenvalue weighted by molar-refractivity contribution is -0.146. The Hall–Kier alpha value is -0.570. The number of amides is 1. The maximum Gasteiger partial charge on any atom is 0.229 e. The van der Waals surface area contributed by atoms with Crippen LogP contribution in [0.25, 0.3) is 0 Å². The zero-order chi connectivity index (χ0) is 14.2. The summed E-state index contributed by atoms with van der Waals surface area (Å²) in [5, 5.41) is 0. The molecule has 5 rings (SSSR count). The fourth-order valence-electron chi connectivity index (χ4n) is 6.40. The van der Waals surface area contributed by atoms with E-state index in [0.29, 0.717) is 16.7 Å². The van der Waals surface area contributed by atoms with Gasteiger partial charge in [-0.05, 0) is 62.4 Å². The van der Waals surface area contributed by atoms with Gasteiger partial charge in [0.2, 0.25) is 5.91 Å². The lowest BCUT2D eigenvalue weighted by atomic mass is 9.68. The SMILES string of the molecule is CN1CCCN(C(=O)C23CC4CC2(C)CC4(C)C3)CC1. The third-order valence-corrected chi connectivity index (χ3v) is 7.35. The Morgan fingerprint density at radius 1 is 1.05 bits per heavy atom. The minimum Gasteiger partial charge on any atom is -0.341 e. The Morgan fingerprint density at radius 2 is 1.85 bits per heavy atom. The van der Waals surface area contributed by atoms with Crippen LogP contribution in [0.3, 0.4) is 0 Å². The minimum absolute atomic E-state index is 0.00925. The lowest BCUT2D eigenvalue weighted by Gasteiger charge is -2.40. The maximum atomic E-state index is 13.3. The molecule has 5 fully saturated rings. The summed E-state index contributed by atoms with van der Waals surface area (Å²) in [7, 11) is 2.17. The molecule has 0 radical (unpaired) electrons. The number of nitrogens with zero attached hydrogens (tertiary/aromatic N) is 2. The average Bonchev–Trinajstić information content (AvgIpc) is 2.89. The third-order valence-electron chi connectivity index (χ3n) is 7.35. The maximum absolute atomic E-state index is 13.3. The highest BCUT2D eigenvalue weighted by molar-refractivity contribution is 5.86. The standard InChI is InChI=1S/C17H28N2O/c1-15-11-16(2)9-13(15)10-17(16,12-15)14(20)19-6-4-5-18(3)7-8-19/h13H,4-12H2,1-3H3. The van der Waals surface area contributed by atoms with Crippen molar-refractivity contribution in [1.29, 1.82) is 0 Å². The normalized spacial score (nSPS) is 51.0. The van der Waals surface area contributed by atoms with Crippen LogP contribution in [0.2, 0.25) is 0 Å². The van der Waals surface area contributed by atoms with Crippen LogP contribution in [-0.4, -0.2) is 48.9 Å². The van der Waals surface area contributed by atoms with Gasteiger partial charge in [-0.2, -0.15) is 0 Å². The van der Waals surface area contributed by atoms with Gasteiger partial charge in [-0.15, -0.1) is 0 Å². The Kier molecular flexibility index (Phi) is 2.49. The lowest BCUT2D eigenvalue weighted by Crippen LogP contribution is -2.48. The molecule has 0 aromatic rings. The molecule has 4 saturated carbocycles. The van der Waals surface area contributed by atoms with E-state index in [1.165, 1.54) is 25.7 Å². The van der Waals surface area contributed by atoms with Gasteiger partial charge >= 0.3 is 0 Å². The van der Waals surface area contributed by atoms with Crippen molar-refractivity contribution in [2.24, 2.45) is 22.2 Å². The molecule has 0 spiro atoms. The van der Waals surface area contributed by atoms with E-state index in [0.717, 1.165) is 38.5 Å². The molecule has 0 aromatic carbocycles. The summed E-state index contributed by atoms with van der Waals surface area (Å²) in [5.41, 5.74) is 0.796. The molecule has 0 aromatic heterocycles. The molecule has 4 aliphatic carbocycles. The summed E-state index contributed by atoms with van der Waals surface area (Å²) in [4.78, 5) is 17.9. The average molecular weight is 276 g/mol. The van der Waals surface area contributed by atoms with E-state index in [2.05, 4.69) is 30.7 Å². The van der Waals surface area contributed by atoms with Gasteiger partial charge in [0.05, 0.1) is 5.41 Å². The number of rotatable bonds is 1. The first-order valence-electron chi connectivity index (χ1n) is 8.37. The number of carbonyl (C=O) groups is 1. The van der Waals surface area contributed by atoms with Crippen molar-refractivity contribution >= 4 is 5.91 Å². The molecule has 1 saturated heterocycles. The smallest absolute Gasteiger partial charge is 0.229 e. The molecule has 4 bridgehead atoms. The van der Waals surface area contributed by atoms with Gasteiger partial charge < -0.3 is 9.80 Å². The van der Waals surface area contributed by atoms with Crippen LogP contribution in [0, 0.1) is 22.2 Å². The molecule has 3 nitrogen and oxygen atoms in total. The van der Waals surface area contributed by atoms with E-state index in [4.69, 9.17) is 0 Å². The van der Waals surface area contributed by atoms with Crippen LogP contribution >= 0.6 is 0 Å². The van der Waals surface area contributed by atoms with Crippen LogP contribution < -0.4 is 0 Å². The van der Waals surface area contributed by atoms with Gasteiger partial charge in [0.25, 0.3) is 0 Å². The molecule has 1 aliphatic heterocycles. The van der Waals surface area contributed by atoms with Crippen molar-refractivity contribution in [2.75, 3.05) is 33.2 Å². The van der Waals surface area contributed by atoms with Crippen LogP contribution in [0.1, 0.15) is 46.0 Å². The quantitative estimate of drug-likeness (QED) is 0.734. The van der Waals surface area contributed by atoms with Crippen LogP contribution in [-0.2, 0) is 4.79 Å². The van der Waals surface area contributed by atoms with Crippen LogP contribution in [0.4, 0.5) is 0 Å². The fraction of sp³-hybridized carbons (Fsp3) is 0.941. The van der Waals surface area contributed by atoms with E-state index in [-0.39, 0.29) is 5.41 Å². The van der Waals surface area contributed by atoms with Crippen molar-refractivity contribution in [3.8, 4) is 0 Å². The zero-order valence-corrected chi connectivity index (χ0v) is 13.2. The first kappa shape index (κ1) is 13.1. The van der Waals surface area contributed by atoms with Crippen molar-refractivity contribution in [3.05, 3.63) is 0 Å². The number of hydrogen-bond donors (Lipinski definition) is 0. The summed E-state index contributed by atoms with van der Waals surface area (Å²) >= 11 is 0. The minimum atomic E-state index is 0.00925. The molecule has 1 heterocycles. The van der Waals surface area contributed by atoms with Crippen molar-refractivity contribution < 1.29 is 4.79 Å². The topological polar surface area (TPSA) is 23.6 Å². The first-order chi connectivity index (χ1) is 9.39. The second-order valence-corrected chi connectivity index (χ2v) is 8.70. The Morgan fingerprint density at radius 3 is 2.40 bits per heavy atom. The number of likely N-dealkylation sites (N-methyl/N-ethyl adjacent to an activating group) is 1. The van der Waals surface area contributed by atoms with E-state index in [9.17, 15) is 4.79 Å². The van der Waals surface area contributed by atoms with Gasteiger partial charge in [0.1, 0.15) is 0 Å². The van der Waals surface area contributed by atoms with Crippen LogP contribution in [0.15, 0.2) is 0 Å². The molecule has 1 amide bonds. The molecule has 4 unspecified atom stereocenters. The van der Waals surface area contributed by atoms with Gasteiger partial charge in [-0.3, -0.25) is 4.79 Å². The fourth-order valence-corrected chi connectivity index (χ4v) is 6.40. The second kappa shape index (κ2) is 3.79. The molecule has 20 heavy (non-hydrogen) atoms. The van der Waals surface area contributed by atoms with Gasteiger partial charge in [-0.25, -0.2) is 0 Å². The van der Waals surface area contributed by atoms with Gasteiger partial charge in [-0.1, -0.05) is 13.8 Å². The highest BCUT2D eigenvalue weighted by atomic mass is 16.2. The predicted molar refractivity (Wildman–Crippen MR) is 79.3 cm³/mol. The monoisotopic (exact) mass is 276 g/mol. The van der Waals surface area contributed by atoms with Crippen LogP contribution in [0.5, 0.6) is 0 Å². The van der Waals surface area contributed by atoms with E-state index in [1.807, 2.05) is 0 Å². The van der Waals surface area contributed by atoms with E-state index >= 15 is 0 Å². The van der Waals surface area contributed by atoms with Gasteiger partial charge in [0.15, 0.2) is 0 Å². The third kappa shape index (κ3) is 1.43. The molecule has 112 valence electrons. The number of hydrogen-bond acceptors (Lipinski definition) is 2. The largest absolute Gasteiger partial charge is 0.341 e. The molecule has 4 atom stereocenters. The zero-order valence-electron chi connectivity index (χ0n) is 13.2. The second-order valence-electron chi connectivity index (χ2n) is 8.70. The van der Waals surface area contributed by atoms with Crippen molar-refractivity contribution in [2.45, 2.75) is 46.0 Å². The Balaban J connectivity index is 1.61. The van der Waals surface area contributed by atoms with E-state index < -0.39 is 0 Å². The summed E-state index contributed by atoms with van der Waals surface area (Å²) in [6, 6.07) is 0. The molecular formula is C17H28N2O. The summed E-state index contributed by atoms with van der Waals surface area (Å²) in [6.07, 6.45) is 6.10. The highest BCUT2D eigenvalue weighted by Crippen LogP contribution is 2.81. The van der Waals surface area contributed by atoms with E-state index in [1.54, 1.807) is 0 Å². The Labute approximate surface area is 122 Å². The predicted octanol–water partition coefficient (Wildman–Crippen LogP) is 2.37. The summed E-state index contributed by atoms with van der Waals surface area (Å²) in [5.74, 6) is 1.34. The first-order valence-corrected chi connectivity index (χ1v) is 8.37. The molecule has 3 heteroatoms.